The molecule has 1 aromatic carbocycles. The number of anilines is 1. The summed E-state index contributed by atoms with van der Waals surface area (Å²) < 4.78 is 5.62. The zero-order chi connectivity index (χ0) is 25.5. The van der Waals surface area contributed by atoms with Crippen LogP contribution in [0.1, 0.15) is 47.8 Å². The number of ether oxygens (including phenoxy) is 1. The quantitative estimate of drug-likeness (QED) is 0.654. The third kappa shape index (κ3) is 4.19. The van der Waals surface area contributed by atoms with Crippen LogP contribution >= 0.6 is 0 Å². The molecule has 2 fully saturated rings. The number of hydrogen-bond acceptors (Lipinski definition) is 6. The summed E-state index contributed by atoms with van der Waals surface area (Å²) in [6, 6.07) is 6.62. The van der Waals surface area contributed by atoms with E-state index < -0.39 is 22.9 Å². The van der Waals surface area contributed by atoms with E-state index in [9.17, 15) is 14.4 Å². The van der Waals surface area contributed by atoms with Crippen LogP contribution in [-0.2, 0) is 10.3 Å². The van der Waals surface area contributed by atoms with Gasteiger partial charge < -0.3 is 19.9 Å². The lowest BCUT2D eigenvalue weighted by Gasteiger charge is -2.40. The summed E-state index contributed by atoms with van der Waals surface area (Å²) in [4.78, 5) is 47.0. The molecular weight excluding hydrogens is 446 g/mol. The fourth-order valence-corrected chi connectivity index (χ4v) is 5.05. The Hall–Kier alpha value is -3.62. The van der Waals surface area contributed by atoms with E-state index >= 15 is 0 Å². The number of piperazine rings is 1. The molecule has 2 N–H and O–H groups in total. The Morgan fingerprint density at radius 1 is 1.09 bits per heavy atom. The minimum absolute atomic E-state index is 0.104. The number of imide groups is 1. The molecule has 9 heteroatoms. The normalized spacial score (nSPS) is 20.5. The third-order valence-corrected chi connectivity index (χ3v) is 6.90. The number of nitrogens with zero attached hydrogens (tertiary/aromatic N) is 3. The number of nitrogens with one attached hydrogen (secondary N) is 2. The molecule has 4 amide bonds. The highest BCUT2D eigenvalue weighted by atomic mass is 16.5. The lowest BCUT2D eigenvalue weighted by molar-refractivity contribution is -0.128. The Morgan fingerprint density at radius 2 is 1.77 bits per heavy atom. The monoisotopic (exact) mass is 479 g/mol. The van der Waals surface area contributed by atoms with E-state index in [2.05, 4.69) is 33.5 Å². The van der Waals surface area contributed by atoms with Crippen LogP contribution < -0.4 is 20.3 Å². The van der Waals surface area contributed by atoms with Crippen LogP contribution in [0.5, 0.6) is 5.75 Å². The maximum absolute atomic E-state index is 13.3. The molecule has 35 heavy (non-hydrogen) atoms. The first kappa shape index (κ1) is 24.5. The van der Waals surface area contributed by atoms with E-state index in [-0.39, 0.29) is 5.91 Å². The summed E-state index contributed by atoms with van der Waals surface area (Å²) in [5, 5.41) is 5.15. The van der Waals surface area contributed by atoms with Gasteiger partial charge in [-0.2, -0.15) is 0 Å². The number of methoxy groups -OCH3 is 1. The number of amides is 4. The zero-order valence-electron chi connectivity index (χ0n) is 21.2. The van der Waals surface area contributed by atoms with Gasteiger partial charge in [-0.05, 0) is 42.5 Å². The predicted octanol–water partition coefficient (Wildman–Crippen LogP) is 2.75. The average Bonchev–Trinajstić information content (AvgIpc) is 3.13. The SMILES string of the molecule is COc1cc(C(=O)N2CCN(c3ncc(C)cc3C)CC2)ccc1C1(C(C)(C)C)NC(=O)NC1=O. The second-order valence-electron chi connectivity index (χ2n) is 10.3. The number of carbonyl (C=O) groups is 3. The van der Waals surface area contributed by atoms with Crippen LogP contribution in [0.4, 0.5) is 10.6 Å². The van der Waals surface area contributed by atoms with Crippen LogP contribution in [-0.4, -0.2) is 61.0 Å². The average molecular weight is 480 g/mol. The molecular formula is C26H33N5O4. The molecule has 2 aliphatic rings. The maximum Gasteiger partial charge on any atom is 0.322 e. The molecule has 1 unspecified atom stereocenters. The number of aryl methyl sites for hydroxylation is 2. The van der Waals surface area contributed by atoms with Crippen LogP contribution in [0, 0.1) is 19.3 Å². The molecule has 2 saturated heterocycles. The molecule has 0 radical (unpaired) electrons. The highest BCUT2D eigenvalue weighted by Crippen LogP contribution is 2.45. The van der Waals surface area contributed by atoms with Gasteiger partial charge in [0.05, 0.1) is 7.11 Å². The number of urea groups is 1. The number of aromatic nitrogens is 1. The topological polar surface area (TPSA) is 104 Å². The fraction of sp³-hybridized carbons (Fsp3) is 0.462. The zero-order valence-corrected chi connectivity index (χ0v) is 21.2. The van der Waals surface area contributed by atoms with Crippen molar-refractivity contribution in [3.63, 3.8) is 0 Å². The third-order valence-electron chi connectivity index (χ3n) is 6.90. The molecule has 0 aliphatic carbocycles. The van der Waals surface area contributed by atoms with Gasteiger partial charge in [0.25, 0.3) is 11.8 Å². The summed E-state index contributed by atoms with van der Waals surface area (Å²) in [7, 11) is 1.49. The largest absolute Gasteiger partial charge is 0.496 e. The van der Waals surface area contributed by atoms with Crippen LogP contribution in [0.25, 0.3) is 0 Å². The van der Waals surface area contributed by atoms with Crippen molar-refractivity contribution in [1.82, 2.24) is 20.5 Å². The Kier molecular flexibility index (Phi) is 6.21. The number of benzene rings is 1. The van der Waals surface area contributed by atoms with Crippen molar-refractivity contribution in [2.75, 3.05) is 38.2 Å². The van der Waals surface area contributed by atoms with Gasteiger partial charge in [0.1, 0.15) is 11.6 Å². The number of carbonyl (C=O) groups excluding carboxylic acids is 3. The van der Waals surface area contributed by atoms with Crippen molar-refractivity contribution < 1.29 is 19.1 Å². The molecule has 1 aromatic heterocycles. The summed E-state index contributed by atoms with van der Waals surface area (Å²) in [6.45, 7) is 12.2. The molecule has 9 nitrogen and oxygen atoms in total. The molecule has 4 rings (SSSR count). The van der Waals surface area contributed by atoms with E-state index in [0.717, 1.165) is 16.9 Å². The van der Waals surface area contributed by atoms with Gasteiger partial charge >= 0.3 is 6.03 Å². The predicted molar refractivity (Wildman–Crippen MR) is 133 cm³/mol. The summed E-state index contributed by atoms with van der Waals surface area (Å²) in [5.41, 5.74) is 1.26. The highest BCUT2D eigenvalue weighted by molar-refractivity contribution is 6.08. The van der Waals surface area contributed by atoms with Gasteiger partial charge in [-0.3, -0.25) is 14.9 Å². The standard InChI is InChI=1S/C26H33N5O4/c1-16-13-17(2)21(27-15-16)30-9-11-31(12-10-30)22(32)18-7-8-19(20(14-18)35-6)26(25(3,4)5)23(33)28-24(34)29-26/h7-8,13-15H,9-12H2,1-6H3,(H2,28,29,33,34). The molecule has 0 bridgehead atoms. The van der Waals surface area contributed by atoms with E-state index in [1.165, 1.54) is 7.11 Å². The highest BCUT2D eigenvalue weighted by Gasteiger charge is 2.57. The van der Waals surface area contributed by atoms with Crippen LogP contribution in [0.2, 0.25) is 0 Å². The Bertz CT molecular complexity index is 1180. The summed E-state index contributed by atoms with van der Waals surface area (Å²) in [5.74, 6) is 0.788. The number of rotatable bonds is 4. The van der Waals surface area contributed by atoms with Crippen LogP contribution in [0.15, 0.2) is 30.5 Å². The van der Waals surface area contributed by atoms with E-state index in [4.69, 9.17) is 4.74 Å². The Morgan fingerprint density at radius 3 is 2.31 bits per heavy atom. The molecule has 2 aromatic rings. The van der Waals surface area contributed by atoms with E-state index in [1.54, 1.807) is 18.2 Å². The van der Waals surface area contributed by atoms with Gasteiger partial charge in [0.2, 0.25) is 0 Å². The fourth-order valence-electron chi connectivity index (χ4n) is 5.05. The van der Waals surface area contributed by atoms with E-state index in [0.29, 0.717) is 43.1 Å². The molecule has 1 atom stereocenters. The molecule has 186 valence electrons. The number of pyridine rings is 1. The van der Waals surface area contributed by atoms with Gasteiger partial charge in [-0.1, -0.05) is 32.9 Å². The second kappa shape index (κ2) is 8.87. The van der Waals surface area contributed by atoms with Gasteiger partial charge in [0.15, 0.2) is 5.54 Å². The first-order valence-electron chi connectivity index (χ1n) is 11.8. The summed E-state index contributed by atoms with van der Waals surface area (Å²) >= 11 is 0. The lowest BCUT2D eigenvalue weighted by Crippen LogP contribution is -2.54. The minimum atomic E-state index is -1.32. The van der Waals surface area contributed by atoms with Crippen molar-refractivity contribution in [3.05, 3.63) is 52.7 Å². The van der Waals surface area contributed by atoms with Crippen molar-refractivity contribution in [1.29, 1.82) is 0 Å². The van der Waals surface area contributed by atoms with Crippen molar-refractivity contribution in [2.45, 2.75) is 40.2 Å². The maximum atomic E-state index is 13.3. The number of hydrogen-bond donors (Lipinski definition) is 2. The first-order chi connectivity index (χ1) is 16.5. The molecule has 0 saturated carbocycles. The van der Waals surface area contributed by atoms with E-state index in [1.807, 2.05) is 38.8 Å². The molecule has 0 spiro atoms. The van der Waals surface area contributed by atoms with Crippen LogP contribution in [0.3, 0.4) is 0 Å². The summed E-state index contributed by atoms with van der Waals surface area (Å²) in [6.07, 6.45) is 1.87. The smallest absolute Gasteiger partial charge is 0.322 e. The Labute approximate surface area is 205 Å². The molecule has 2 aliphatic heterocycles. The van der Waals surface area contributed by atoms with Crippen molar-refractivity contribution >= 4 is 23.7 Å². The Balaban J connectivity index is 1.56. The molecule has 3 heterocycles. The van der Waals surface area contributed by atoms with Gasteiger partial charge in [0, 0.05) is 43.5 Å². The van der Waals surface area contributed by atoms with Gasteiger partial charge in [-0.25, -0.2) is 9.78 Å². The first-order valence-corrected chi connectivity index (χ1v) is 11.8. The van der Waals surface area contributed by atoms with Crippen molar-refractivity contribution in [3.8, 4) is 5.75 Å². The second-order valence-corrected chi connectivity index (χ2v) is 10.3. The van der Waals surface area contributed by atoms with Crippen molar-refractivity contribution in [2.24, 2.45) is 5.41 Å². The minimum Gasteiger partial charge on any atom is -0.496 e. The lowest BCUT2D eigenvalue weighted by atomic mass is 9.69. The van der Waals surface area contributed by atoms with Gasteiger partial charge in [-0.15, -0.1) is 0 Å².